The molecule has 4 nitrogen and oxygen atoms in total. The molecule has 0 fully saturated rings. The summed E-state index contributed by atoms with van der Waals surface area (Å²) in [5.41, 5.74) is 4.47. The molecular weight excluding hydrogens is 368 g/mol. The second-order valence-electron chi connectivity index (χ2n) is 9.20. The lowest BCUT2D eigenvalue weighted by Gasteiger charge is -2.24. The summed E-state index contributed by atoms with van der Waals surface area (Å²) < 4.78 is 2.29. The van der Waals surface area contributed by atoms with Crippen molar-refractivity contribution in [2.24, 2.45) is 11.8 Å². The lowest BCUT2D eigenvalue weighted by atomic mass is 10.1. The summed E-state index contributed by atoms with van der Waals surface area (Å²) in [6, 6.07) is 6.75. The number of rotatable bonds is 13. The first-order valence-corrected chi connectivity index (χ1v) is 11.6. The van der Waals surface area contributed by atoms with E-state index in [1.165, 1.54) is 23.9 Å². The SMILES string of the molecule is C=C(/C=C\C)Nc1nc2ccc(CN(CCC(C)C)CCC(C)C)cc2n1CCC. The van der Waals surface area contributed by atoms with E-state index < -0.39 is 0 Å². The van der Waals surface area contributed by atoms with Crippen molar-refractivity contribution in [2.75, 3.05) is 18.4 Å². The van der Waals surface area contributed by atoms with Crippen molar-refractivity contribution in [3.8, 4) is 0 Å². The fourth-order valence-electron chi connectivity index (χ4n) is 3.61. The van der Waals surface area contributed by atoms with Gasteiger partial charge >= 0.3 is 0 Å². The summed E-state index contributed by atoms with van der Waals surface area (Å²) in [6.45, 7) is 21.8. The number of aryl methyl sites for hydroxylation is 1. The topological polar surface area (TPSA) is 33.1 Å². The maximum absolute atomic E-state index is 4.84. The summed E-state index contributed by atoms with van der Waals surface area (Å²) in [4.78, 5) is 7.46. The van der Waals surface area contributed by atoms with E-state index >= 15 is 0 Å². The largest absolute Gasteiger partial charge is 0.326 e. The van der Waals surface area contributed by atoms with Gasteiger partial charge in [-0.15, -0.1) is 0 Å². The zero-order valence-corrected chi connectivity index (χ0v) is 20.0. The highest BCUT2D eigenvalue weighted by molar-refractivity contribution is 5.80. The Morgan fingerprint density at radius 1 is 1.17 bits per heavy atom. The average molecular weight is 411 g/mol. The lowest BCUT2D eigenvalue weighted by Crippen LogP contribution is -2.27. The molecule has 30 heavy (non-hydrogen) atoms. The number of imidazole rings is 1. The summed E-state index contributed by atoms with van der Waals surface area (Å²) >= 11 is 0. The van der Waals surface area contributed by atoms with Crippen LogP contribution in [0.4, 0.5) is 5.95 Å². The second kappa shape index (κ2) is 11.9. The van der Waals surface area contributed by atoms with Crippen LogP contribution in [0.3, 0.4) is 0 Å². The van der Waals surface area contributed by atoms with Crippen molar-refractivity contribution >= 4 is 17.0 Å². The molecule has 0 saturated heterocycles. The van der Waals surface area contributed by atoms with Gasteiger partial charge in [-0.3, -0.25) is 4.90 Å². The van der Waals surface area contributed by atoms with E-state index in [1.54, 1.807) is 0 Å². The molecular formula is C26H42N4. The molecule has 0 spiro atoms. The van der Waals surface area contributed by atoms with Crippen LogP contribution in [0.25, 0.3) is 11.0 Å². The minimum Gasteiger partial charge on any atom is -0.326 e. The molecule has 0 saturated carbocycles. The normalized spacial score (nSPS) is 12.2. The maximum Gasteiger partial charge on any atom is 0.208 e. The van der Waals surface area contributed by atoms with Gasteiger partial charge in [0, 0.05) is 18.8 Å². The van der Waals surface area contributed by atoms with E-state index in [4.69, 9.17) is 4.98 Å². The van der Waals surface area contributed by atoms with Crippen LogP contribution in [0, 0.1) is 11.8 Å². The van der Waals surface area contributed by atoms with E-state index in [1.807, 2.05) is 19.1 Å². The number of nitrogens with zero attached hydrogens (tertiary/aromatic N) is 3. The molecule has 0 radical (unpaired) electrons. The van der Waals surface area contributed by atoms with Crippen molar-refractivity contribution in [1.29, 1.82) is 0 Å². The third-order valence-electron chi connectivity index (χ3n) is 5.35. The highest BCUT2D eigenvalue weighted by atomic mass is 15.2. The molecule has 2 aromatic rings. The Bertz CT molecular complexity index is 817. The monoisotopic (exact) mass is 410 g/mol. The van der Waals surface area contributed by atoms with Crippen LogP contribution in [0.1, 0.15) is 66.4 Å². The molecule has 0 unspecified atom stereocenters. The van der Waals surface area contributed by atoms with Crippen LogP contribution in [0.15, 0.2) is 42.6 Å². The number of fused-ring (bicyclic) bond motifs is 1. The van der Waals surface area contributed by atoms with E-state index in [0.717, 1.165) is 61.6 Å². The minimum absolute atomic E-state index is 0.735. The van der Waals surface area contributed by atoms with Crippen molar-refractivity contribution in [2.45, 2.75) is 73.9 Å². The third-order valence-corrected chi connectivity index (χ3v) is 5.35. The quantitative estimate of drug-likeness (QED) is 0.367. The van der Waals surface area contributed by atoms with Gasteiger partial charge in [0.2, 0.25) is 5.95 Å². The molecule has 0 aliphatic rings. The number of nitrogens with one attached hydrogen (secondary N) is 1. The first-order chi connectivity index (χ1) is 14.3. The van der Waals surface area contributed by atoms with Crippen molar-refractivity contribution in [3.63, 3.8) is 0 Å². The molecule has 1 aromatic carbocycles. The summed E-state index contributed by atoms with van der Waals surface area (Å²) in [7, 11) is 0. The van der Waals surface area contributed by atoms with E-state index in [9.17, 15) is 0 Å². The highest BCUT2D eigenvalue weighted by Gasteiger charge is 2.13. The number of anilines is 1. The van der Waals surface area contributed by atoms with Crippen molar-refractivity contribution in [3.05, 3.63) is 48.2 Å². The Morgan fingerprint density at radius 3 is 2.40 bits per heavy atom. The molecule has 166 valence electrons. The van der Waals surface area contributed by atoms with Gasteiger partial charge < -0.3 is 9.88 Å². The fourth-order valence-corrected chi connectivity index (χ4v) is 3.61. The van der Waals surface area contributed by atoms with Gasteiger partial charge in [0.05, 0.1) is 11.0 Å². The molecule has 0 amide bonds. The average Bonchev–Trinajstić information content (AvgIpc) is 3.01. The van der Waals surface area contributed by atoms with Gasteiger partial charge in [-0.05, 0) is 74.9 Å². The first kappa shape index (κ1) is 24.2. The standard InChI is InChI=1S/C26H42N4/c1-8-10-22(7)27-26-28-24-12-11-23(18-25(24)30(26)15-9-2)19-29(16-13-20(3)4)17-14-21(5)6/h8,10-12,18,20-21H,7,9,13-17,19H2,1-6H3,(H,27,28)/b10-8-. The lowest BCUT2D eigenvalue weighted by molar-refractivity contribution is 0.236. The molecule has 0 bridgehead atoms. The number of hydrogen-bond donors (Lipinski definition) is 1. The van der Waals surface area contributed by atoms with Gasteiger partial charge in [0.25, 0.3) is 0 Å². The van der Waals surface area contributed by atoms with Crippen molar-refractivity contribution in [1.82, 2.24) is 14.5 Å². The Morgan fingerprint density at radius 2 is 1.83 bits per heavy atom. The van der Waals surface area contributed by atoms with Gasteiger partial charge in [-0.2, -0.15) is 0 Å². The predicted octanol–water partition coefficient (Wildman–Crippen LogP) is 6.84. The molecule has 2 rings (SSSR count). The third kappa shape index (κ3) is 7.32. The zero-order chi connectivity index (χ0) is 22.1. The molecule has 0 aliphatic carbocycles. The smallest absolute Gasteiger partial charge is 0.208 e. The van der Waals surface area contributed by atoms with E-state index in [-0.39, 0.29) is 0 Å². The fraction of sp³-hybridized carbons (Fsp3) is 0.577. The van der Waals surface area contributed by atoms with Crippen LogP contribution in [-0.2, 0) is 13.1 Å². The van der Waals surface area contributed by atoms with Gasteiger partial charge in [-0.25, -0.2) is 4.98 Å². The maximum atomic E-state index is 4.84. The molecule has 4 heteroatoms. The number of aromatic nitrogens is 2. The Kier molecular flexibility index (Phi) is 9.64. The predicted molar refractivity (Wildman–Crippen MR) is 132 cm³/mol. The number of allylic oxidation sites excluding steroid dienone is 2. The van der Waals surface area contributed by atoms with Crippen LogP contribution in [0.5, 0.6) is 0 Å². The molecule has 1 heterocycles. The number of benzene rings is 1. The van der Waals surface area contributed by atoms with Gasteiger partial charge in [-0.1, -0.05) is 53.3 Å². The zero-order valence-electron chi connectivity index (χ0n) is 20.0. The van der Waals surface area contributed by atoms with Crippen LogP contribution >= 0.6 is 0 Å². The van der Waals surface area contributed by atoms with Crippen LogP contribution < -0.4 is 5.32 Å². The first-order valence-electron chi connectivity index (χ1n) is 11.6. The van der Waals surface area contributed by atoms with Gasteiger partial charge in [0.1, 0.15) is 0 Å². The summed E-state index contributed by atoms with van der Waals surface area (Å²) in [5.74, 6) is 2.35. The summed E-state index contributed by atoms with van der Waals surface area (Å²) in [6.07, 6.45) is 7.52. The van der Waals surface area contributed by atoms with Gasteiger partial charge in [0.15, 0.2) is 0 Å². The molecule has 0 atom stereocenters. The van der Waals surface area contributed by atoms with E-state index in [2.05, 4.69) is 74.2 Å². The minimum atomic E-state index is 0.735. The second-order valence-corrected chi connectivity index (χ2v) is 9.20. The van der Waals surface area contributed by atoms with Crippen molar-refractivity contribution < 1.29 is 0 Å². The van der Waals surface area contributed by atoms with Crippen LogP contribution in [0.2, 0.25) is 0 Å². The summed E-state index contributed by atoms with van der Waals surface area (Å²) in [5, 5.41) is 3.37. The Hall–Kier alpha value is -2.07. The molecule has 1 aromatic heterocycles. The molecule has 1 N–H and O–H groups in total. The Balaban J connectivity index is 2.27. The highest BCUT2D eigenvalue weighted by Crippen LogP contribution is 2.24. The molecule has 0 aliphatic heterocycles. The number of hydrogen-bond acceptors (Lipinski definition) is 3. The Labute approximate surface area is 184 Å². The van der Waals surface area contributed by atoms with Crippen LogP contribution in [-0.4, -0.2) is 27.5 Å². The van der Waals surface area contributed by atoms with E-state index in [0.29, 0.717) is 0 Å².